The van der Waals surface area contributed by atoms with Crippen LogP contribution in [0.2, 0.25) is 5.02 Å². The van der Waals surface area contributed by atoms with Crippen LogP contribution in [0.25, 0.3) is 0 Å². The van der Waals surface area contributed by atoms with Gasteiger partial charge in [-0.25, -0.2) is 0 Å². The molecule has 0 saturated carbocycles. The molecule has 3 rings (SSSR count). The van der Waals surface area contributed by atoms with E-state index in [0.717, 1.165) is 11.3 Å². The van der Waals surface area contributed by atoms with E-state index in [9.17, 15) is 9.59 Å². The number of carbonyl (C=O) groups is 2. The third-order valence-corrected chi connectivity index (χ3v) is 4.26. The molecule has 1 saturated heterocycles. The van der Waals surface area contributed by atoms with Gasteiger partial charge < -0.3 is 19.5 Å². The summed E-state index contributed by atoms with van der Waals surface area (Å²) in [4.78, 5) is 22.5. The zero-order valence-corrected chi connectivity index (χ0v) is 13.6. The van der Waals surface area contributed by atoms with Gasteiger partial charge >= 0.3 is 11.9 Å². The number of hydrogen-bond donors (Lipinski definition) is 1. The third-order valence-electron chi connectivity index (χ3n) is 4.03. The highest BCUT2D eigenvalue weighted by atomic mass is 35.5. The van der Waals surface area contributed by atoms with Crippen LogP contribution in [0.5, 0.6) is 0 Å². The Kier molecular flexibility index (Phi) is 4.46. The first kappa shape index (κ1) is 16.1. The zero-order chi connectivity index (χ0) is 16.6. The first-order valence-corrected chi connectivity index (χ1v) is 7.84. The largest absolute Gasteiger partial charge is 0.463 e. The van der Waals surface area contributed by atoms with Gasteiger partial charge in [0.05, 0.1) is 12.1 Å². The normalized spacial score (nSPS) is 28.3. The van der Waals surface area contributed by atoms with Gasteiger partial charge in [-0.15, -0.1) is 0 Å². The predicted molar refractivity (Wildman–Crippen MR) is 83.3 cm³/mol. The molecular weight excluding hydrogens is 322 g/mol. The summed E-state index contributed by atoms with van der Waals surface area (Å²) in [5.74, 6) is -0.797. The average Bonchev–Trinajstić information content (AvgIpc) is 2.47. The van der Waals surface area contributed by atoms with E-state index in [4.69, 9.17) is 25.8 Å². The number of carbonyl (C=O) groups excluding carboxylic acids is 2. The standard InChI is InChI=1S/C16H18ClNO5/c1-8(19)21-7-15-16(22-9(2)20)13-6-14(23-15)11-4-3-10(17)5-12(11)18-13/h3-5,13-16,18H,6-7H2,1-2H3/t13-,14-,15+,16-/m0/s1. The van der Waals surface area contributed by atoms with E-state index in [2.05, 4.69) is 5.32 Å². The van der Waals surface area contributed by atoms with Crippen LogP contribution in [0.3, 0.4) is 0 Å². The maximum absolute atomic E-state index is 11.4. The Bertz CT molecular complexity index is 635. The highest BCUT2D eigenvalue weighted by Crippen LogP contribution is 2.42. The number of anilines is 1. The van der Waals surface area contributed by atoms with Gasteiger partial charge in [0, 0.05) is 36.5 Å². The van der Waals surface area contributed by atoms with Crippen LogP contribution >= 0.6 is 11.6 Å². The van der Waals surface area contributed by atoms with Crippen LogP contribution in [0.4, 0.5) is 5.69 Å². The average molecular weight is 340 g/mol. The highest BCUT2D eigenvalue weighted by Gasteiger charge is 2.45. The molecule has 2 bridgehead atoms. The SMILES string of the molecule is CC(=O)OC[C@H]1O[C@H]2C[C@H](Nc3cc(Cl)ccc32)[C@@H]1OC(C)=O. The van der Waals surface area contributed by atoms with Gasteiger partial charge in [-0.2, -0.15) is 0 Å². The van der Waals surface area contributed by atoms with E-state index >= 15 is 0 Å². The molecular formula is C16H18ClNO5. The van der Waals surface area contributed by atoms with Crippen molar-refractivity contribution in [1.29, 1.82) is 0 Å². The number of ether oxygens (including phenoxy) is 3. The van der Waals surface area contributed by atoms with Gasteiger partial charge in [0.25, 0.3) is 0 Å². The molecule has 0 amide bonds. The van der Waals surface area contributed by atoms with Gasteiger partial charge in [0.1, 0.15) is 12.7 Å². The molecule has 0 spiro atoms. The van der Waals surface area contributed by atoms with E-state index in [1.54, 1.807) is 0 Å². The maximum Gasteiger partial charge on any atom is 0.303 e. The van der Waals surface area contributed by atoms with Crippen LogP contribution in [0, 0.1) is 0 Å². The van der Waals surface area contributed by atoms with Crippen molar-refractivity contribution in [3.8, 4) is 0 Å². The fourth-order valence-electron chi connectivity index (χ4n) is 3.13. The minimum Gasteiger partial charge on any atom is -0.463 e. The molecule has 6 nitrogen and oxygen atoms in total. The highest BCUT2D eigenvalue weighted by molar-refractivity contribution is 6.30. The van der Waals surface area contributed by atoms with Crippen molar-refractivity contribution in [3.63, 3.8) is 0 Å². The summed E-state index contributed by atoms with van der Waals surface area (Å²) in [6.07, 6.45) is -0.526. The number of benzene rings is 1. The molecule has 1 fully saturated rings. The molecule has 0 aromatic heterocycles. The summed E-state index contributed by atoms with van der Waals surface area (Å²) in [6.45, 7) is 2.73. The third kappa shape index (κ3) is 3.43. The maximum atomic E-state index is 11.4. The van der Waals surface area contributed by atoms with Crippen molar-refractivity contribution >= 4 is 29.2 Å². The van der Waals surface area contributed by atoms with Gasteiger partial charge in [0.2, 0.25) is 0 Å². The molecule has 0 radical (unpaired) electrons. The lowest BCUT2D eigenvalue weighted by molar-refractivity contribution is -0.185. The summed E-state index contributed by atoms with van der Waals surface area (Å²) >= 11 is 6.04. The van der Waals surface area contributed by atoms with Crippen molar-refractivity contribution in [3.05, 3.63) is 28.8 Å². The molecule has 1 N–H and O–H groups in total. The summed E-state index contributed by atoms with van der Waals surface area (Å²) in [5.41, 5.74) is 1.88. The Labute approximate surface area is 139 Å². The summed E-state index contributed by atoms with van der Waals surface area (Å²) in [6, 6.07) is 5.44. The minimum atomic E-state index is -0.532. The van der Waals surface area contributed by atoms with E-state index < -0.39 is 24.1 Å². The molecule has 0 aliphatic carbocycles. The molecule has 2 aliphatic rings. The molecule has 23 heavy (non-hydrogen) atoms. The number of nitrogens with one attached hydrogen (secondary N) is 1. The molecule has 1 aromatic carbocycles. The Hall–Kier alpha value is -1.79. The summed E-state index contributed by atoms with van der Waals surface area (Å²) in [7, 11) is 0. The molecule has 124 valence electrons. The van der Waals surface area contributed by atoms with Crippen LogP contribution in [0.1, 0.15) is 31.9 Å². The van der Waals surface area contributed by atoms with Crippen molar-refractivity contribution in [1.82, 2.24) is 0 Å². The second-order valence-electron chi connectivity index (χ2n) is 5.76. The number of halogens is 1. The monoisotopic (exact) mass is 339 g/mol. The zero-order valence-electron chi connectivity index (χ0n) is 12.9. The van der Waals surface area contributed by atoms with Crippen molar-refractivity contribution in [2.45, 2.75) is 44.6 Å². The van der Waals surface area contributed by atoms with E-state index in [1.807, 2.05) is 18.2 Å². The van der Waals surface area contributed by atoms with Crippen molar-refractivity contribution in [2.75, 3.05) is 11.9 Å². The van der Waals surface area contributed by atoms with Crippen LogP contribution in [-0.2, 0) is 23.8 Å². The quantitative estimate of drug-likeness (QED) is 0.853. The van der Waals surface area contributed by atoms with Crippen molar-refractivity contribution in [2.24, 2.45) is 0 Å². The molecule has 4 atom stereocenters. The fourth-order valence-corrected chi connectivity index (χ4v) is 3.30. The lowest BCUT2D eigenvalue weighted by atomic mass is 9.87. The van der Waals surface area contributed by atoms with Crippen LogP contribution < -0.4 is 5.32 Å². The second-order valence-corrected chi connectivity index (χ2v) is 6.19. The molecule has 1 aromatic rings. The number of hydrogen-bond acceptors (Lipinski definition) is 6. The van der Waals surface area contributed by atoms with E-state index in [0.29, 0.717) is 11.4 Å². The number of fused-ring (bicyclic) bond motifs is 4. The molecule has 7 heteroatoms. The predicted octanol–water partition coefficient (Wildman–Crippen LogP) is 2.46. The van der Waals surface area contributed by atoms with Gasteiger partial charge in [-0.1, -0.05) is 17.7 Å². The lowest BCUT2D eigenvalue weighted by Gasteiger charge is -2.45. The lowest BCUT2D eigenvalue weighted by Crippen LogP contribution is -2.54. The summed E-state index contributed by atoms with van der Waals surface area (Å²) < 4.78 is 16.5. The van der Waals surface area contributed by atoms with E-state index in [1.165, 1.54) is 13.8 Å². The summed E-state index contributed by atoms with van der Waals surface area (Å²) in [5, 5.41) is 3.98. The van der Waals surface area contributed by atoms with E-state index in [-0.39, 0.29) is 18.8 Å². The first-order valence-electron chi connectivity index (χ1n) is 7.46. The van der Waals surface area contributed by atoms with Crippen LogP contribution in [0.15, 0.2) is 18.2 Å². The van der Waals surface area contributed by atoms with Gasteiger partial charge in [0.15, 0.2) is 6.10 Å². The van der Waals surface area contributed by atoms with Crippen molar-refractivity contribution < 1.29 is 23.8 Å². The Balaban J connectivity index is 1.87. The molecule has 0 unspecified atom stereocenters. The Morgan fingerprint density at radius 2 is 2.13 bits per heavy atom. The van der Waals surface area contributed by atoms with Gasteiger partial charge in [-0.3, -0.25) is 9.59 Å². The Morgan fingerprint density at radius 3 is 2.83 bits per heavy atom. The first-order chi connectivity index (χ1) is 10.9. The van der Waals surface area contributed by atoms with Crippen LogP contribution in [-0.4, -0.2) is 36.8 Å². The van der Waals surface area contributed by atoms with Gasteiger partial charge in [-0.05, 0) is 12.1 Å². The molecule has 2 aliphatic heterocycles. The second kappa shape index (κ2) is 6.37. The number of esters is 2. The molecule has 2 heterocycles. The fraction of sp³-hybridized carbons (Fsp3) is 0.500. The minimum absolute atomic E-state index is 0.0465. The number of rotatable bonds is 3. The topological polar surface area (TPSA) is 73.9 Å². The smallest absolute Gasteiger partial charge is 0.303 e. The Morgan fingerprint density at radius 1 is 1.35 bits per heavy atom.